The van der Waals surface area contributed by atoms with Crippen LogP contribution in [0.2, 0.25) is 0 Å². The number of aliphatic hydroxyl groups is 1. The van der Waals surface area contributed by atoms with E-state index in [0.29, 0.717) is 12.8 Å². The molecule has 5 nitrogen and oxygen atoms in total. The van der Waals surface area contributed by atoms with Crippen LogP contribution in [0.4, 0.5) is 0 Å². The summed E-state index contributed by atoms with van der Waals surface area (Å²) in [5.74, 6) is -0.528. The summed E-state index contributed by atoms with van der Waals surface area (Å²) in [4.78, 5) is 22.3. The molecule has 1 heterocycles. The Balaban J connectivity index is 2.12. The van der Waals surface area contributed by atoms with E-state index in [9.17, 15) is 14.7 Å². The summed E-state index contributed by atoms with van der Waals surface area (Å²) in [5, 5.41) is 9.28. The average molecular weight is 254 g/mol. The lowest BCUT2D eigenvalue weighted by molar-refractivity contribution is -0.149. The Labute approximate surface area is 106 Å². The Kier molecular flexibility index (Phi) is 3.71. The van der Waals surface area contributed by atoms with Gasteiger partial charge < -0.3 is 14.6 Å². The third-order valence-electron chi connectivity index (χ3n) is 3.48. The first-order valence-electron chi connectivity index (χ1n) is 6.20. The van der Waals surface area contributed by atoms with Gasteiger partial charge in [-0.05, 0) is 6.92 Å². The van der Waals surface area contributed by atoms with Crippen molar-refractivity contribution in [3.63, 3.8) is 0 Å². The highest BCUT2D eigenvalue weighted by molar-refractivity contribution is 5.72. The van der Waals surface area contributed by atoms with Crippen LogP contribution in [0.15, 0.2) is 12.2 Å². The molecule has 0 amide bonds. The number of aliphatic hydroxyl groups excluding tert-OH is 1. The van der Waals surface area contributed by atoms with Crippen molar-refractivity contribution in [2.24, 2.45) is 11.8 Å². The Morgan fingerprint density at radius 3 is 2.94 bits per heavy atom. The van der Waals surface area contributed by atoms with Crippen LogP contribution in [-0.4, -0.2) is 35.4 Å². The minimum atomic E-state index is -0.556. The lowest BCUT2D eigenvalue weighted by Crippen LogP contribution is -2.23. The molecule has 5 atom stereocenters. The first kappa shape index (κ1) is 13.1. The number of carbonyl (C=O) groups excluding carboxylic acids is 2. The van der Waals surface area contributed by atoms with Crippen molar-refractivity contribution in [1.82, 2.24) is 0 Å². The fraction of sp³-hybridized carbons (Fsp3) is 0.692. The van der Waals surface area contributed by atoms with Crippen molar-refractivity contribution >= 4 is 11.9 Å². The summed E-state index contributed by atoms with van der Waals surface area (Å²) in [6.45, 7) is 3.02. The first-order valence-corrected chi connectivity index (χ1v) is 6.20. The van der Waals surface area contributed by atoms with E-state index in [-0.39, 0.29) is 36.0 Å². The number of ether oxygens (including phenoxy) is 2. The van der Waals surface area contributed by atoms with Gasteiger partial charge in [-0.25, -0.2) is 0 Å². The molecular formula is C13H18O5. The quantitative estimate of drug-likeness (QED) is 0.596. The van der Waals surface area contributed by atoms with Crippen LogP contribution in [0.5, 0.6) is 0 Å². The van der Waals surface area contributed by atoms with Crippen molar-refractivity contribution in [1.29, 1.82) is 0 Å². The topological polar surface area (TPSA) is 72.8 Å². The van der Waals surface area contributed by atoms with E-state index in [2.05, 4.69) is 0 Å². The Hall–Kier alpha value is -1.36. The molecule has 0 spiro atoms. The number of hydrogen-bond acceptors (Lipinski definition) is 5. The zero-order valence-corrected chi connectivity index (χ0v) is 10.5. The molecule has 2 fully saturated rings. The van der Waals surface area contributed by atoms with Gasteiger partial charge in [0.1, 0.15) is 12.2 Å². The van der Waals surface area contributed by atoms with Crippen molar-refractivity contribution < 1.29 is 24.2 Å². The lowest BCUT2D eigenvalue weighted by atomic mass is 9.91. The Morgan fingerprint density at radius 2 is 2.33 bits per heavy atom. The zero-order chi connectivity index (χ0) is 13.3. The fourth-order valence-corrected chi connectivity index (χ4v) is 2.79. The molecule has 1 N–H and O–H groups in total. The third kappa shape index (κ3) is 2.72. The third-order valence-corrected chi connectivity index (χ3v) is 3.48. The molecule has 0 aromatic carbocycles. The summed E-state index contributed by atoms with van der Waals surface area (Å²) in [6, 6.07) is 0. The second-order valence-electron chi connectivity index (χ2n) is 4.98. The standard InChI is InChI=1S/C13H18O5/c1-7(14)3-4-9-10-5-13(16)18-12(10)6-11(9)17-8(2)15/h3-4,7,9-12,14H,5-6H2,1-2H3/b4-3+/t7?,9-,10-,11-,12+/m1/s1. The molecule has 1 saturated heterocycles. The van der Waals surface area contributed by atoms with Crippen LogP contribution >= 0.6 is 0 Å². The van der Waals surface area contributed by atoms with Gasteiger partial charge in [-0.15, -0.1) is 0 Å². The van der Waals surface area contributed by atoms with Gasteiger partial charge in [-0.1, -0.05) is 12.2 Å². The molecule has 2 rings (SSSR count). The van der Waals surface area contributed by atoms with Gasteiger partial charge in [0, 0.05) is 25.2 Å². The zero-order valence-electron chi connectivity index (χ0n) is 10.5. The van der Waals surface area contributed by atoms with Crippen molar-refractivity contribution in [2.75, 3.05) is 0 Å². The van der Waals surface area contributed by atoms with Crippen LogP contribution in [0, 0.1) is 11.8 Å². The van der Waals surface area contributed by atoms with Crippen molar-refractivity contribution in [3.8, 4) is 0 Å². The summed E-state index contributed by atoms with van der Waals surface area (Å²) in [6.07, 6.45) is 3.42. The second kappa shape index (κ2) is 5.10. The molecule has 0 aromatic heterocycles. The van der Waals surface area contributed by atoms with E-state index in [1.807, 2.05) is 6.08 Å². The summed E-state index contributed by atoms with van der Waals surface area (Å²) in [5.41, 5.74) is 0. The van der Waals surface area contributed by atoms with Crippen molar-refractivity contribution in [2.45, 2.75) is 45.0 Å². The molecule has 0 bridgehead atoms. The number of fused-ring (bicyclic) bond motifs is 1. The van der Waals surface area contributed by atoms with Crippen LogP contribution < -0.4 is 0 Å². The Morgan fingerprint density at radius 1 is 1.61 bits per heavy atom. The van der Waals surface area contributed by atoms with E-state index in [4.69, 9.17) is 9.47 Å². The first-order chi connectivity index (χ1) is 8.47. The van der Waals surface area contributed by atoms with Gasteiger partial charge in [-0.2, -0.15) is 0 Å². The van der Waals surface area contributed by atoms with E-state index in [1.165, 1.54) is 6.92 Å². The largest absolute Gasteiger partial charge is 0.462 e. The summed E-state index contributed by atoms with van der Waals surface area (Å²) >= 11 is 0. The van der Waals surface area contributed by atoms with Crippen molar-refractivity contribution in [3.05, 3.63) is 12.2 Å². The number of hydrogen-bond donors (Lipinski definition) is 1. The molecule has 5 heteroatoms. The van der Waals surface area contributed by atoms with E-state index >= 15 is 0 Å². The van der Waals surface area contributed by atoms with Gasteiger partial charge >= 0.3 is 11.9 Å². The lowest BCUT2D eigenvalue weighted by Gasteiger charge is -2.19. The molecule has 0 aromatic rings. The molecule has 100 valence electrons. The maximum atomic E-state index is 11.3. The summed E-state index contributed by atoms with van der Waals surface area (Å²) < 4.78 is 10.5. The Bertz CT molecular complexity index is 374. The molecular weight excluding hydrogens is 236 g/mol. The van der Waals surface area contributed by atoms with Crippen LogP contribution in [0.1, 0.15) is 26.7 Å². The molecule has 1 unspecified atom stereocenters. The summed E-state index contributed by atoms with van der Waals surface area (Å²) in [7, 11) is 0. The smallest absolute Gasteiger partial charge is 0.306 e. The minimum absolute atomic E-state index is 0.0526. The second-order valence-corrected chi connectivity index (χ2v) is 4.98. The van der Waals surface area contributed by atoms with Gasteiger partial charge in [0.15, 0.2) is 0 Å². The van der Waals surface area contributed by atoms with Gasteiger partial charge in [0.05, 0.1) is 12.5 Å². The molecule has 2 aliphatic rings. The van der Waals surface area contributed by atoms with E-state index in [0.717, 1.165) is 0 Å². The normalized spacial score (nSPS) is 36.5. The highest BCUT2D eigenvalue weighted by Crippen LogP contribution is 2.43. The number of carbonyl (C=O) groups is 2. The molecule has 18 heavy (non-hydrogen) atoms. The monoisotopic (exact) mass is 254 g/mol. The molecule has 1 aliphatic heterocycles. The van der Waals surface area contributed by atoms with Crippen LogP contribution in [0.25, 0.3) is 0 Å². The van der Waals surface area contributed by atoms with Gasteiger partial charge in [0.2, 0.25) is 0 Å². The minimum Gasteiger partial charge on any atom is -0.462 e. The highest BCUT2D eigenvalue weighted by Gasteiger charge is 2.50. The number of rotatable bonds is 3. The van der Waals surface area contributed by atoms with E-state index < -0.39 is 6.10 Å². The predicted molar refractivity (Wildman–Crippen MR) is 62.5 cm³/mol. The average Bonchev–Trinajstić information content (AvgIpc) is 2.70. The van der Waals surface area contributed by atoms with Crippen LogP contribution in [0.3, 0.4) is 0 Å². The predicted octanol–water partition coefficient (Wildman–Crippen LogP) is 0.807. The molecule has 1 aliphatic carbocycles. The van der Waals surface area contributed by atoms with Gasteiger partial charge in [0.25, 0.3) is 0 Å². The van der Waals surface area contributed by atoms with E-state index in [1.54, 1.807) is 13.0 Å². The number of esters is 2. The molecule has 1 saturated carbocycles. The van der Waals surface area contributed by atoms with Crippen LogP contribution in [-0.2, 0) is 19.1 Å². The fourth-order valence-electron chi connectivity index (χ4n) is 2.79. The maximum absolute atomic E-state index is 11.3. The van der Waals surface area contributed by atoms with Gasteiger partial charge in [-0.3, -0.25) is 9.59 Å². The SMILES string of the molecule is CC(=O)O[C@@H]1C[C@@H]2OC(=O)C[C@@H]2[C@H]1/C=C/C(C)O. The highest BCUT2D eigenvalue weighted by atomic mass is 16.6. The molecule has 0 radical (unpaired) electrons. The maximum Gasteiger partial charge on any atom is 0.306 e.